The number of phenols is 1. The van der Waals surface area contributed by atoms with Gasteiger partial charge in [0.2, 0.25) is 0 Å². The van der Waals surface area contributed by atoms with E-state index in [1.165, 1.54) is 0 Å². The van der Waals surface area contributed by atoms with Gasteiger partial charge in [0.05, 0.1) is 0 Å². The molecule has 2 aromatic carbocycles. The molecule has 0 amide bonds. The van der Waals surface area contributed by atoms with Gasteiger partial charge in [-0.05, 0) is 43.7 Å². The van der Waals surface area contributed by atoms with E-state index < -0.39 is 0 Å². The number of hydrogen-bond acceptors (Lipinski definition) is 3. The van der Waals surface area contributed by atoms with E-state index in [1.54, 1.807) is 31.2 Å². The molecule has 3 heteroatoms. The van der Waals surface area contributed by atoms with Crippen molar-refractivity contribution < 1.29 is 14.6 Å². The minimum atomic E-state index is 0.0461. The summed E-state index contributed by atoms with van der Waals surface area (Å²) in [5, 5.41) is 9.64. The zero-order valence-corrected chi connectivity index (χ0v) is 11.0. The van der Waals surface area contributed by atoms with Crippen molar-refractivity contribution in [3.63, 3.8) is 0 Å². The number of aromatic hydroxyl groups is 1. The van der Waals surface area contributed by atoms with Gasteiger partial charge in [-0.25, -0.2) is 0 Å². The van der Waals surface area contributed by atoms with Crippen LogP contribution in [0.3, 0.4) is 0 Å². The normalized spacial score (nSPS) is 10.2. The maximum atomic E-state index is 11.3. The van der Waals surface area contributed by atoms with Crippen LogP contribution in [0.2, 0.25) is 0 Å². The third kappa shape index (κ3) is 3.13. The summed E-state index contributed by atoms with van der Waals surface area (Å²) in [4.78, 5) is 11.3. The van der Waals surface area contributed by atoms with Crippen LogP contribution < -0.4 is 4.74 Å². The quantitative estimate of drug-likeness (QED) is 0.852. The summed E-state index contributed by atoms with van der Waals surface area (Å²) in [7, 11) is 0. The lowest BCUT2D eigenvalue weighted by molar-refractivity contribution is 0.101. The highest BCUT2D eigenvalue weighted by atomic mass is 16.5. The predicted octanol–water partition coefficient (Wildman–Crippen LogP) is 3.48. The Hall–Kier alpha value is -2.29. The number of rotatable bonds is 4. The summed E-state index contributed by atoms with van der Waals surface area (Å²) in [5.41, 5.74) is 2.33. The molecule has 0 saturated carbocycles. The van der Waals surface area contributed by atoms with Crippen molar-refractivity contribution in [2.75, 3.05) is 0 Å². The number of aryl methyl sites for hydroxylation is 1. The summed E-state index contributed by atoms with van der Waals surface area (Å²) in [6.07, 6.45) is 0. The fourth-order valence-electron chi connectivity index (χ4n) is 1.91. The summed E-state index contributed by atoms with van der Waals surface area (Å²) >= 11 is 0. The van der Waals surface area contributed by atoms with Crippen LogP contribution in [0, 0.1) is 6.92 Å². The van der Waals surface area contributed by atoms with Crippen molar-refractivity contribution in [1.82, 2.24) is 0 Å². The number of carbonyl (C=O) groups is 1. The van der Waals surface area contributed by atoms with Gasteiger partial charge in [-0.15, -0.1) is 0 Å². The molecule has 0 aliphatic rings. The smallest absolute Gasteiger partial charge is 0.160 e. The fourth-order valence-corrected chi connectivity index (χ4v) is 1.91. The molecule has 0 spiro atoms. The van der Waals surface area contributed by atoms with Gasteiger partial charge in [0.25, 0.3) is 0 Å². The van der Waals surface area contributed by atoms with E-state index in [1.807, 2.05) is 25.1 Å². The number of phenolic OH excluding ortho intramolecular Hbond substituents is 1. The number of hydrogen-bond donors (Lipinski definition) is 1. The minimum absolute atomic E-state index is 0.0461. The predicted molar refractivity (Wildman–Crippen MR) is 73.6 cm³/mol. The number of para-hydroxylation sites is 1. The Kier molecular flexibility index (Phi) is 3.85. The molecule has 0 fully saturated rings. The van der Waals surface area contributed by atoms with E-state index in [0.29, 0.717) is 17.9 Å². The topological polar surface area (TPSA) is 46.5 Å². The number of benzene rings is 2. The molecule has 0 aliphatic heterocycles. The molecule has 0 bridgehead atoms. The average Bonchev–Trinajstić information content (AvgIpc) is 2.37. The first kappa shape index (κ1) is 13.1. The highest BCUT2D eigenvalue weighted by Crippen LogP contribution is 2.21. The summed E-state index contributed by atoms with van der Waals surface area (Å²) in [6, 6.07) is 12.4. The van der Waals surface area contributed by atoms with Gasteiger partial charge in [-0.2, -0.15) is 0 Å². The summed E-state index contributed by atoms with van der Waals surface area (Å²) in [6.45, 7) is 3.72. The second kappa shape index (κ2) is 5.57. The van der Waals surface area contributed by atoms with E-state index in [-0.39, 0.29) is 11.5 Å². The van der Waals surface area contributed by atoms with Crippen molar-refractivity contribution >= 4 is 5.78 Å². The molecule has 0 radical (unpaired) electrons. The molecule has 0 saturated heterocycles. The van der Waals surface area contributed by atoms with Crippen molar-refractivity contribution in [2.45, 2.75) is 20.5 Å². The lowest BCUT2D eigenvalue weighted by Crippen LogP contribution is -1.99. The first-order valence-electron chi connectivity index (χ1n) is 6.09. The van der Waals surface area contributed by atoms with E-state index >= 15 is 0 Å². The molecule has 0 aromatic heterocycles. The molecule has 0 unspecified atom stereocenters. The van der Waals surface area contributed by atoms with Crippen LogP contribution in [-0.2, 0) is 6.61 Å². The summed E-state index contributed by atoms with van der Waals surface area (Å²) in [5.74, 6) is 0.954. The first-order valence-corrected chi connectivity index (χ1v) is 6.09. The molecular weight excluding hydrogens is 240 g/mol. The van der Waals surface area contributed by atoms with Gasteiger partial charge in [0, 0.05) is 11.1 Å². The van der Waals surface area contributed by atoms with E-state index in [0.717, 1.165) is 11.1 Å². The van der Waals surface area contributed by atoms with E-state index in [4.69, 9.17) is 4.74 Å². The molecule has 2 rings (SSSR count). The molecule has 98 valence electrons. The second-order valence-corrected chi connectivity index (χ2v) is 4.45. The minimum Gasteiger partial charge on any atom is -0.508 e. The van der Waals surface area contributed by atoms with Crippen LogP contribution in [0.4, 0.5) is 0 Å². The van der Waals surface area contributed by atoms with Gasteiger partial charge in [-0.3, -0.25) is 4.79 Å². The van der Waals surface area contributed by atoms with Gasteiger partial charge in [0.15, 0.2) is 5.78 Å². The van der Waals surface area contributed by atoms with E-state index in [2.05, 4.69) is 0 Å². The molecule has 0 atom stereocenters. The third-order valence-electron chi connectivity index (χ3n) is 2.96. The van der Waals surface area contributed by atoms with Crippen LogP contribution in [0.15, 0.2) is 42.5 Å². The Morgan fingerprint density at radius 1 is 1.21 bits per heavy atom. The van der Waals surface area contributed by atoms with Gasteiger partial charge in [-0.1, -0.05) is 18.2 Å². The number of ether oxygens (including phenoxy) is 1. The van der Waals surface area contributed by atoms with E-state index in [9.17, 15) is 9.90 Å². The zero-order chi connectivity index (χ0) is 13.8. The van der Waals surface area contributed by atoms with Gasteiger partial charge < -0.3 is 9.84 Å². The molecule has 3 nitrogen and oxygen atoms in total. The Morgan fingerprint density at radius 3 is 2.58 bits per heavy atom. The molecule has 0 aliphatic carbocycles. The number of ketones is 1. The zero-order valence-electron chi connectivity index (χ0n) is 11.0. The molecule has 19 heavy (non-hydrogen) atoms. The van der Waals surface area contributed by atoms with Crippen LogP contribution in [0.1, 0.15) is 28.4 Å². The molecule has 1 N–H and O–H groups in total. The van der Waals surface area contributed by atoms with Crippen LogP contribution in [0.25, 0.3) is 0 Å². The Morgan fingerprint density at radius 2 is 1.95 bits per heavy atom. The Labute approximate surface area is 112 Å². The fraction of sp³-hybridized carbons (Fsp3) is 0.188. The lowest BCUT2D eigenvalue weighted by Gasteiger charge is -2.09. The van der Waals surface area contributed by atoms with Crippen molar-refractivity contribution in [1.29, 1.82) is 0 Å². The standard InChI is InChI=1S/C16H16O3/c1-11-9-14(7-8-15(11)12(2)17)19-10-13-5-3-4-6-16(13)18/h3-9,18H,10H2,1-2H3. The largest absolute Gasteiger partial charge is 0.508 e. The highest BCUT2D eigenvalue weighted by Gasteiger charge is 2.06. The van der Waals surface area contributed by atoms with Crippen molar-refractivity contribution in [3.8, 4) is 11.5 Å². The first-order chi connectivity index (χ1) is 9.08. The maximum Gasteiger partial charge on any atom is 0.160 e. The maximum absolute atomic E-state index is 11.3. The lowest BCUT2D eigenvalue weighted by atomic mass is 10.1. The van der Waals surface area contributed by atoms with Gasteiger partial charge >= 0.3 is 0 Å². The van der Waals surface area contributed by atoms with Crippen molar-refractivity contribution in [3.05, 3.63) is 59.2 Å². The van der Waals surface area contributed by atoms with Crippen LogP contribution in [-0.4, -0.2) is 10.9 Å². The molecular formula is C16H16O3. The second-order valence-electron chi connectivity index (χ2n) is 4.45. The van der Waals surface area contributed by atoms with Gasteiger partial charge in [0.1, 0.15) is 18.1 Å². The Bertz CT molecular complexity index is 603. The summed E-state index contributed by atoms with van der Waals surface area (Å²) < 4.78 is 5.62. The molecule has 2 aromatic rings. The Balaban J connectivity index is 2.11. The highest BCUT2D eigenvalue weighted by molar-refractivity contribution is 5.95. The van der Waals surface area contributed by atoms with Crippen LogP contribution >= 0.6 is 0 Å². The third-order valence-corrected chi connectivity index (χ3v) is 2.96. The molecule has 0 heterocycles. The average molecular weight is 256 g/mol. The number of Topliss-reactive ketones (excluding diaryl/α,β-unsaturated/α-hetero) is 1. The number of carbonyl (C=O) groups excluding carboxylic acids is 1. The van der Waals surface area contributed by atoms with Crippen LogP contribution in [0.5, 0.6) is 11.5 Å². The SMILES string of the molecule is CC(=O)c1ccc(OCc2ccccc2O)cc1C. The van der Waals surface area contributed by atoms with Crippen molar-refractivity contribution in [2.24, 2.45) is 0 Å². The monoisotopic (exact) mass is 256 g/mol.